The summed E-state index contributed by atoms with van der Waals surface area (Å²) in [4.78, 5) is 0.346. The number of aliphatic hydroxyl groups excluding tert-OH is 1. The summed E-state index contributed by atoms with van der Waals surface area (Å²) >= 11 is 0. The third-order valence-corrected chi connectivity index (χ3v) is 4.85. The summed E-state index contributed by atoms with van der Waals surface area (Å²) in [6, 6.07) is 3.71. The summed E-state index contributed by atoms with van der Waals surface area (Å²) in [6.45, 7) is 5.45. The number of aliphatic hydroxyl groups is 1. The monoisotopic (exact) mass is 257 g/mol. The standard InChI is InChI=1S/C12H19NO3S/c1-9-7-10(2)12(11(3)8-9)17(15,16)13(4)5-6-14/h7-8,14H,5-6H2,1-4H3. The molecule has 0 aliphatic carbocycles. The molecule has 0 saturated carbocycles. The predicted octanol–water partition coefficient (Wildman–Crippen LogP) is 1.22. The van der Waals surface area contributed by atoms with Gasteiger partial charge in [0.05, 0.1) is 11.5 Å². The van der Waals surface area contributed by atoms with E-state index < -0.39 is 10.0 Å². The number of aryl methyl sites for hydroxylation is 3. The van der Waals surface area contributed by atoms with Crippen molar-refractivity contribution in [2.24, 2.45) is 0 Å². The van der Waals surface area contributed by atoms with E-state index in [0.717, 1.165) is 16.7 Å². The Labute approximate surface area is 103 Å². The Morgan fingerprint density at radius 1 is 1.18 bits per heavy atom. The van der Waals surface area contributed by atoms with E-state index in [2.05, 4.69) is 0 Å². The number of likely N-dealkylation sites (N-methyl/N-ethyl adjacent to an activating group) is 1. The summed E-state index contributed by atoms with van der Waals surface area (Å²) in [5, 5.41) is 8.82. The van der Waals surface area contributed by atoms with E-state index in [1.807, 2.05) is 19.1 Å². The van der Waals surface area contributed by atoms with Crippen LogP contribution in [0.5, 0.6) is 0 Å². The Hall–Kier alpha value is -0.910. The molecule has 0 aliphatic rings. The molecule has 96 valence electrons. The molecule has 0 heterocycles. The SMILES string of the molecule is Cc1cc(C)c(S(=O)(=O)N(C)CCO)c(C)c1. The molecule has 0 spiro atoms. The summed E-state index contributed by atoms with van der Waals surface area (Å²) in [7, 11) is -2.03. The molecular formula is C12H19NO3S. The van der Waals surface area contributed by atoms with E-state index in [9.17, 15) is 8.42 Å². The molecule has 0 bridgehead atoms. The topological polar surface area (TPSA) is 57.6 Å². The second-order valence-electron chi connectivity index (χ2n) is 4.28. The van der Waals surface area contributed by atoms with Gasteiger partial charge in [-0.3, -0.25) is 0 Å². The minimum Gasteiger partial charge on any atom is -0.395 e. The Morgan fingerprint density at radius 3 is 2.06 bits per heavy atom. The fourth-order valence-electron chi connectivity index (χ4n) is 1.99. The molecule has 1 N–H and O–H groups in total. The lowest BCUT2D eigenvalue weighted by atomic mass is 10.1. The van der Waals surface area contributed by atoms with Crippen molar-refractivity contribution in [1.29, 1.82) is 0 Å². The molecule has 1 aromatic rings. The maximum absolute atomic E-state index is 12.3. The Balaban J connectivity index is 3.34. The van der Waals surface area contributed by atoms with E-state index in [-0.39, 0.29) is 13.2 Å². The minimum absolute atomic E-state index is 0.106. The number of rotatable bonds is 4. The van der Waals surface area contributed by atoms with Crippen LogP contribution in [0.15, 0.2) is 17.0 Å². The quantitative estimate of drug-likeness (QED) is 0.882. The molecular weight excluding hydrogens is 238 g/mol. The van der Waals surface area contributed by atoms with Crippen LogP contribution in [0, 0.1) is 20.8 Å². The zero-order chi connectivity index (χ0) is 13.2. The number of benzene rings is 1. The lowest BCUT2D eigenvalue weighted by Crippen LogP contribution is -2.30. The largest absolute Gasteiger partial charge is 0.395 e. The highest BCUT2D eigenvalue weighted by Crippen LogP contribution is 2.24. The number of hydrogen-bond donors (Lipinski definition) is 1. The molecule has 0 aromatic heterocycles. The van der Waals surface area contributed by atoms with Gasteiger partial charge in [-0.25, -0.2) is 8.42 Å². The predicted molar refractivity (Wildman–Crippen MR) is 67.6 cm³/mol. The van der Waals surface area contributed by atoms with Crippen LogP contribution in [-0.4, -0.2) is 38.0 Å². The molecule has 1 aromatic carbocycles. The molecule has 0 fully saturated rings. The second kappa shape index (κ2) is 5.16. The van der Waals surface area contributed by atoms with Crippen LogP contribution in [0.4, 0.5) is 0 Å². The average Bonchev–Trinajstić information content (AvgIpc) is 2.15. The molecule has 1 rings (SSSR count). The summed E-state index contributed by atoms with van der Waals surface area (Å²) in [5.74, 6) is 0. The molecule has 0 atom stereocenters. The molecule has 0 saturated heterocycles. The van der Waals surface area contributed by atoms with Gasteiger partial charge in [0.2, 0.25) is 10.0 Å². The third-order valence-electron chi connectivity index (χ3n) is 2.69. The summed E-state index contributed by atoms with van der Waals surface area (Å²) in [6.07, 6.45) is 0. The van der Waals surface area contributed by atoms with E-state index in [0.29, 0.717) is 4.90 Å². The molecule has 0 radical (unpaired) electrons. The van der Waals surface area contributed by atoms with Crippen molar-refractivity contribution in [2.45, 2.75) is 25.7 Å². The molecule has 0 amide bonds. The first kappa shape index (κ1) is 14.2. The van der Waals surface area contributed by atoms with Gasteiger partial charge in [-0.15, -0.1) is 0 Å². The zero-order valence-electron chi connectivity index (χ0n) is 10.7. The lowest BCUT2D eigenvalue weighted by molar-refractivity contribution is 0.266. The van der Waals surface area contributed by atoms with Crippen molar-refractivity contribution in [2.75, 3.05) is 20.2 Å². The van der Waals surface area contributed by atoms with E-state index in [1.165, 1.54) is 11.4 Å². The fourth-order valence-corrected chi connectivity index (χ4v) is 3.56. The van der Waals surface area contributed by atoms with Crippen LogP contribution >= 0.6 is 0 Å². The van der Waals surface area contributed by atoms with Crippen LogP contribution < -0.4 is 0 Å². The normalized spacial score (nSPS) is 12.1. The first-order valence-electron chi connectivity index (χ1n) is 5.45. The summed E-state index contributed by atoms with van der Waals surface area (Å²) in [5.41, 5.74) is 2.53. The highest BCUT2D eigenvalue weighted by atomic mass is 32.2. The molecule has 4 nitrogen and oxygen atoms in total. The van der Waals surface area contributed by atoms with Crippen molar-refractivity contribution in [3.05, 3.63) is 28.8 Å². The molecule has 0 unspecified atom stereocenters. The van der Waals surface area contributed by atoms with E-state index in [4.69, 9.17) is 5.11 Å². The van der Waals surface area contributed by atoms with Gasteiger partial charge >= 0.3 is 0 Å². The fraction of sp³-hybridized carbons (Fsp3) is 0.500. The van der Waals surface area contributed by atoms with Gasteiger partial charge < -0.3 is 5.11 Å². The van der Waals surface area contributed by atoms with Gasteiger partial charge in [0.25, 0.3) is 0 Å². The zero-order valence-corrected chi connectivity index (χ0v) is 11.5. The van der Waals surface area contributed by atoms with Crippen LogP contribution in [0.2, 0.25) is 0 Å². The first-order chi connectivity index (χ1) is 7.80. The van der Waals surface area contributed by atoms with Crippen LogP contribution in [-0.2, 0) is 10.0 Å². The van der Waals surface area contributed by atoms with Crippen molar-refractivity contribution in [1.82, 2.24) is 4.31 Å². The number of hydrogen-bond acceptors (Lipinski definition) is 3. The van der Waals surface area contributed by atoms with Crippen LogP contribution in [0.3, 0.4) is 0 Å². The number of nitrogens with zero attached hydrogens (tertiary/aromatic N) is 1. The molecule has 17 heavy (non-hydrogen) atoms. The Kier molecular flexibility index (Phi) is 4.30. The maximum atomic E-state index is 12.3. The van der Waals surface area contributed by atoms with Gasteiger partial charge in [0.15, 0.2) is 0 Å². The van der Waals surface area contributed by atoms with Gasteiger partial charge in [-0.05, 0) is 31.9 Å². The van der Waals surface area contributed by atoms with Gasteiger partial charge in [0, 0.05) is 13.6 Å². The Bertz CT molecular complexity index is 485. The average molecular weight is 257 g/mol. The van der Waals surface area contributed by atoms with Crippen molar-refractivity contribution < 1.29 is 13.5 Å². The second-order valence-corrected chi connectivity index (χ2v) is 6.26. The van der Waals surface area contributed by atoms with Gasteiger partial charge in [-0.1, -0.05) is 17.7 Å². The molecule has 5 heteroatoms. The van der Waals surface area contributed by atoms with Crippen LogP contribution in [0.25, 0.3) is 0 Å². The third kappa shape index (κ3) is 2.86. The Morgan fingerprint density at radius 2 is 1.65 bits per heavy atom. The highest BCUT2D eigenvalue weighted by Gasteiger charge is 2.24. The van der Waals surface area contributed by atoms with E-state index >= 15 is 0 Å². The minimum atomic E-state index is -3.51. The molecule has 0 aliphatic heterocycles. The maximum Gasteiger partial charge on any atom is 0.243 e. The van der Waals surface area contributed by atoms with Gasteiger partial charge in [-0.2, -0.15) is 4.31 Å². The van der Waals surface area contributed by atoms with Crippen molar-refractivity contribution >= 4 is 10.0 Å². The van der Waals surface area contributed by atoms with Gasteiger partial charge in [0.1, 0.15) is 0 Å². The lowest BCUT2D eigenvalue weighted by Gasteiger charge is -2.19. The van der Waals surface area contributed by atoms with Crippen molar-refractivity contribution in [3.63, 3.8) is 0 Å². The van der Waals surface area contributed by atoms with Crippen molar-refractivity contribution in [3.8, 4) is 0 Å². The smallest absolute Gasteiger partial charge is 0.243 e. The summed E-state index contributed by atoms with van der Waals surface area (Å²) < 4.78 is 25.8. The number of sulfonamides is 1. The highest BCUT2D eigenvalue weighted by molar-refractivity contribution is 7.89. The van der Waals surface area contributed by atoms with E-state index in [1.54, 1.807) is 13.8 Å². The first-order valence-corrected chi connectivity index (χ1v) is 6.89. The van der Waals surface area contributed by atoms with Crippen LogP contribution in [0.1, 0.15) is 16.7 Å².